The standard InChI is InChI=1S/C23H23ClN2O3S/c1-16-4-7-18(8-5-16)15-25-23(27)19-9-6-17(2)22(14-19)26(3)30(28,29)21-12-10-20(24)11-13-21/h4-14H,15H2,1-3H3,(H,25,27). The molecule has 3 aromatic carbocycles. The van der Waals surface area contributed by atoms with Crippen LogP contribution < -0.4 is 9.62 Å². The number of nitrogens with zero attached hydrogens (tertiary/aromatic N) is 1. The van der Waals surface area contributed by atoms with Crippen LogP contribution in [0.15, 0.2) is 71.6 Å². The zero-order chi connectivity index (χ0) is 21.9. The van der Waals surface area contributed by atoms with Gasteiger partial charge in [0.25, 0.3) is 15.9 Å². The Morgan fingerprint density at radius 2 is 1.60 bits per heavy atom. The summed E-state index contributed by atoms with van der Waals surface area (Å²) in [6.07, 6.45) is 0. The smallest absolute Gasteiger partial charge is 0.264 e. The van der Waals surface area contributed by atoms with Gasteiger partial charge < -0.3 is 5.32 Å². The molecular formula is C23H23ClN2O3S. The Morgan fingerprint density at radius 1 is 0.967 bits per heavy atom. The van der Waals surface area contributed by atoms with Crippen LogP contribution in [-0.4, -0.2) is 21.4 Å². The number of anilines is 1. The fourth-order valence-electron chi connectivity index (χ4n) is 2.97. The minimum Gasteiger partial charge on any atom is -0.348 e. The van der Waals surface area contributed by atoms with E-state index < -0.39 is 10.0 Å². The van der Waals surface area contributed by atoms with Crippen LogP contribution in [0.5, 0.6) is 0 Å². The molecule has 0 fully saturated rings. The lowest BCUT2D eigenvalue weighted by molar-refractivity contribution is 0.0951. The summed E-state index contributed by atoms with van der Waals surface area (Å²) in [6.45, 7) is 4.20. The first kappa shape index (κ1) is 21.9. The zero-order valence-electron chi connectivity index (χ0n) is 17.0. The van der Waals surface area contributed by atoms with Crippen molar-refractivity contribution in [3.8, 4) is 0 Å². The second kappa shape index (κ2) is 8.90. The number of hydrogen-bond acceptors (Lipinski definition) is 3. The van der Waals surface area contributed by atoms with Gasteiger partial charge >= 0.3 is 0 Å². The van der Waals surface area contributed by atoms with Gasteiger partial charge in [-0.3, -0.25) is 9.10 Å². The van der Waals surface area contributed by atoms with Crippen LogP contribution in [0.2, 0.25) is 5.02 Å². The van der Waals surface area contributed by atoms with E-state index >= 15 is 0 Å². The van der Waals surface area contributed by atoms with E-state index in [1.54, 1.807) is 25.1 Å². The number of carbonyl (C=O) groups is 1. The second-order valence-corrected chi connectivity index (χ2v) is 9.50. The summed E-state index contributed by atoms with van der Waals surface area (Å²) in [5, 5.41) is 3.33. The molecule has 1 amide bonds. The van der Waals surface area contributed by atoms with Gasteiger partial charge in [-0.25, -0.2) is 8.42 Å². The van der Waals surface area contributed by atoms with Gasteiger partial charge in [0.1, 0.15) is 0 Å². The topological polar surface area (TPSA) is 66.5 Å². The monoisotopic (exact) mass is 442 g/mol. The lowest BCUT2D eigenvalue weighted by atomic mass is 10.1. The maximum atomic E-state index is 13.0. The Bertz CT molecular complexity index is 1160. The predicted octanol–water partition coefficient (Wildman–Crippen LogP) is 4.71. The van der Waals surface area contributed by atoms with E-state index in [0.29, 0.717) is 22.8 Å². The molecule has 0 saturated carbocycles. The van der Waals surface area contributed by atoms with Gasteiger partial charge in [0.15, 0.2) is 0 Å². The first-order chi connectivity index (χ1) is 14.2. The maximum Gasteiger partial charge on any atom is 0.264 e. The number of benzene rings is 3. The molecule has 0 radical (unpaired) electrons. The van der Waals surface area contributed by atoms with Crippen LogP contribution in [-0.2, 0) is 16.6 Å². The van der Waals surface area contributed by atoms with E-state index in [2.05, 4.69) is 5.32 Å². The summed E-state index contributed by atoms with van der Waals surface area (Å²) in [6, 6.07) is 18.9. The number of aryl methyl sites for hydroxylation is 2. The molecule has 7 heteroatoms. The molecule has 0 aliphatic heterocycles. The van der Waals surface area contributed by atoms with E-state index in [1.165, 1.54) is 35.6 Å². The molecule has 156 valence electrons. The van der Waals surface area contributed by atoms with Gasteiger partial charge in [-0.2, -0.15) is 0 Å². The average molecular weight is 443 g/mol. The number of rotatable bonds is 6. The molecule has 3 rings (SSSR count). The highest BCUT2D eigenvalue weighted by Crippen LogP contribution is 2.27. The van der Waals surface area contributed by atoms with Crippen LogP contribution in [0.1, 0.15) is 27.0 Å². The predicted molar refractivity (Wildman–Crippen MR) is 121 cm³/mol. The van der Waals surface area contributed by atoms with Crippen molar-refractivity contribution in [1.82, 2.24) is 5.32 Å². The number of nitrogens with one attached hydrogen (secondary N) is 1. The molecule has 3 aromatic rings. The summed E-state index contributed by atoms with van der Waals surface area (Å²) >= 11 is 5.87. The van der Waals surface area contributed by atoms with E-state index in [0.717, 1.165) is 16.7 Å². The molecule has 0 aromatic heterocycles. The molecule has 0 aliphatic carbocycles. The van der Waals surface area contributed by atoms with Gasteiger partial charge in [0, 0.05) is 24.2 Å². The van der Waals surface area contributed by atoms with Crippen LogP contribution >= 0.6 is 11.6 Å². The van der Waals surface area contributed by atoms with Crippen molar-refractivity contribution >= 4 is 33.2 Å². The van der Waals surface area contributed by atoms with Crippen molar-refractivity contribution in [2.24, 2.45) is 0 Å². The highest BCUT2D eigenvalue weighted by atomic mass is 35.5. The summed E-state index contributed by atoms with van der Waals surface area (Å²) in [5.41, 5.74) is 3.71. The Balaban J connectivity index is 1.82. The highest BCUT2D eigenvalue weighted by Gasteiger charge is 2.23. The summed E-state index contributed by atoms with van der Waals surface area (Å²) in [5.74, 6) is -0.269. The van der Waals surface area contributed by atoms with Gasteiger partial charge in [-0.05, 0) is 61.4 Å². The number of halogens is 1. The van der Waals surface area contributed by atoms with Crippen LogP contribution in [0.3, 0.4) is 0 Å². The molecule has 0 bridgehead atoms. The van der Waals surface area contributed by atoms with E-state index in [9.17, 15) is 13.2 Å². The van der Waals surface area contributed by atoms with Crippen LogP contribution in [0.25, 0.3) is 0 Å². The first-order valence-corrected chi connectivity index (χ1v) is 11.2. The van der Waals surface area contributed by atoms with Gasteiger partial charge in [0.2, 0.25) is 0 Å². The normalized spacial score (nSPS) is 11.2. The molecule has 0 atom stereocenters. The lowest BCUT2D eigenvalue weighted by Gasteiger charge is -2.22. The molecular weight excluding hydrogens is 420 g/mol. The Labute approximate surface area is 182 Å². The largest absolute Gasteiger partial charge is 0.348 e. The summed E-state index contributed by atoms with van der Waals surface area (Å²) < 4.78 is 27.2. The molecule has 0 unspecified atom stereocenters. The number of carbonyl (C=O) groups excluding carboxylic acids is 1. The van der Waals surface area contributed by atoms with Crippen molar-refractivity contribution in [3.05, 3.63) is 94.0 Å². The molecule has 0 saturated heterocycles. The molecule has 0 spiro atoms. The van der Waals surface area contributed by atoms with Crippen molar-refractivity contribution in [1.29, 1.82) is 0 Å². The zero-order valence-corrected chi connectivity index (χ0v) is 18.6. The number of sulfonamides is 1. The third kappa shape index (κ3) is 4.83. The summed E-state index contributed by atoms with van der Waals surface area (Å²) in [4.78, 5) is 12.8. The second-order valence-electron chi connectivity index (χ2n) is 7.10. The SMILES string of the molecule is Cc1ccc(CNC(=O)c2ccc(C)c(N(C)S(=O)(=O)c3ccc(Cl)cc3)c2)cc1. The Morgan fingerprint density at radius 3 is 2.23 bits per heavy atom. The van der Waals surface area contributed by atoms with Crippen LogP contribution in [0, 0.1) is 13.8 Å². The minimum atomic E-state index is -3.79. The van der Waals surface area contributed by atoms with Crippen molar-refractivity contribution in [2.45, 2.75) is 25.3 Å². The first-order valence-electron chi connectivity index (χ1n) is 9.37. The fourth-order valence-corrected chi connectivity index (χ4v) is 4.35. The van der Waals surface area contributed by atoms with E-state index in [4.69, 9.17) is 11.6 Å². The van der Waals surface area contributed by atoms with Gasteiger partial charge in [0.05, 0.1) is 10.6 Å². The highest BCUT2D eigenvalue weighted by molar-refractivity contribution is 7.92. The molecule has 5 nitrogen and oxygen atoms in total. The van der Waals surface area contributed by atoms with E-state index in [1.807, 2.05) is 31.2 Å². The third-order valence-corrected chi connectivity index (χ3v) is 6.89. The van der Waals surface area contributed by atoms with E-state index in [-0.39, 0.29) is 10.8 Å². The fraction of sp³-hybridized carbons (Fsp3) is 0.174. The summed E-state index contributed by atoms with van der Waals surface area (Å²) in [7, 11) is -2.32. The van der Waals surface area contributed by atoms with Crippen molar-refractivity contribution < 1.29 is 13.2 Å². The third-order valence-electron chi connectivity index (χ3n) is 4.86. The lowest BCUT2D eigenvalue weighted by Crippen LogP contribution is -2.28. The average Bonchev–Trinajstić information content (AvgIpc) is 2.73. The minimum absolute atomic E-state index is 0.128. The maximum absolute atomic E-state index is 13.0. The number of amides is 1. The van der Waals surface area contributed by atoms with Crippen molar-refractivity contribution in [3.63, 3.8) is 0 Å². The molecule has 30 heavy (non-hydrogen) atoms. The quantitative estimate of drug-likeness (QED) is 0.601. The Hall–Kier alpha value is -2.83. The van der Waals surface area contributed by atoms with Gasteiger partial charge in [-0.1, -0.05) is 47.5 Å². The number of hydrogen-bond donors (Lipinski definition) is 1. The molecule has 1 N–H and O–H groups in total. The molecule has 0 heterocycles. The Kier molecular flexibility index (Phi) is 6.48. The van der Waals surface area contributed by atoms with Crippen molar-refractivity contribution in [2.75, 3.05) is 11.4 Å². The molecule has 0 aliphatic rings. The van der Waals surface area contributed by atoms with Crippen LogP contribution in [0.4, 0.5) is 5.69 Å². The van der Waals surface area contributed by atoms with Gasteiger partial charge in [-0.15, -0.1) is 0 Å².